The second-order valence-electron chi connectivity index (χ2n) is 3.90. The van der Waals surface area contributed by atoms with Gasteiger partial charge in [-0.25, -0.2) is 9.78 Å². The molecule has 0 radical (unpaired) electrons. The zero-order valence-corrected chi connectivity index (χ0v) is 10.4. The van der Waals surface area contributed by atoms with Gasteiger partial charge in [0.05, 0.1) is 11.3 Å². The molecule has 1 heterocycles. The molecule has 2 aromatic rings. The number of hydrogen-bond acceptors (Lipinski definition) is 4. The molecule has 0 unspecified atom stereocenters. The van der Waals surface area contributed by atoms with E-state index in [4.69, 9.17) is 5.11 Å². The molecule has 5 nitrogen and oxygen atoms in total. The van der Waals surface area contributed by atoms with Crippen molar-refractivity contribution in [2.45, 2.75) is 6.36 Å². The van der Waals surface area contributed by atoms with E-state index >= 15 is 0 Å². The highest BCUT2D eigenvalue weighted by atomic mass is 19.4. The van der Waals surface area contributed by atoms with E-state index in [9.17, 15) is 18.0 Å². The average Bonchev–Trinajstić information content (AvgIpc) is 2.40. The van der Waals surface area contributed by atoms with Crippen molar-refractivity contribution < 1.29 is 27.8 Å². The number of aromatic nitrogens is 1. The fourth-order valence-corrected chi connectivity index (χ4v) is 1.55. The highest BCUT2D eigenvalue weighted by molar-refractivity contribution is 5.88. The Morgan fingerprint density at radius 2 is 1.95 bits per heavy atom. The molecule has 1 aromatic heterocycles. The number of para-hydroxylation sites is 2. The maximum Gasteiger partial charge on any atom is 0.573 e. The van der Waals surface area contributed by atoms with Gasteiger partial charge < -0.3 is 15.2 Å². The quantitative estimate of drug-likeness (QED) is 0.905. The van der Waals surface area contributed by atoms with E-state index in [0.29, 0.717) is 0 Å². The van der Waals surface area contributed by atoms with Gasteiger partial charge in [0.15, 0.2) is 5.75 Å². The van der Waals surface area contributed by atoms with Crippen molar-refractivity contribution in [3.05, 3.63) is 48.2 Å². The van der Waals surface area contributed by atoms with Crippen molar-refractivity contribution >= 4 is 17.5 Å². The number of hydrogen-bond donors (Lipinski definition) is 2. The number of carboxylic acids is 1. The number of nitrogens with zero attached hydrogens (tertiary/aromatic N) is 1. The van der Waals surface area contributed by atoms with Gasteiger partial charge in [0.2, 0.25) is 0 Å². The predicted molar refractivity (Wildman–Crippen MR) is 67.6 cm³/mol. The summed E-state index contributed by atoms with van der Waals surface area (Å²) >= 11 is 0. The Labute approximate surface area is 117 Å². The molecular formula is C13H9F3N2O3. The van der Waals surface area contributed by atoms with Crippen LogP contribution in [0.4, 0.5) is 24.7 Å². The van der Waals surface area contributed by atoms with Crippen LogP contribution in [-0.2, 0) is 0 Å². The molecule has 0 saturated heterocycles. The lowest BCUT2D eigenvalue weighted by atomic mass is 10.2. The minimum atomic E-state index is -4.83. The van der Waals surface area contributed by atoms with E-state index in [-0.39, 0.29) is 17.1 Å². The largest absolute Gasteiger partial charge is 0.573 e. The summed E-state index contributed by atoms with van der Waals surface area (Å²) in [6.07, 6.45) is -3.59. The Kier molecular flexibility index (Phi) is 3.97. The molecule has 110 valence electrons. The molecule has 0 spiro atoms. The second kappa shape index (κ2) is 5.70. The summed E-state index contributed by atoms with van der Waals surface area (Å²) in [5, 5.41) is 11.4. The van der Waals surface area contributed by atoms with Gasteiger partial charge in [-0.3, -0.25) is 0 Å². The van der Waals surface area contributed by atoms with Crippen LogP contribution >= 0.6 is 0 Å². The standard InChI is InChI=1S/C13H9F3N2O3/c14-13(15,16)21-10-4-2-1-3-9(10)18-11-7-8(12(19)20)5-6-17-11/h1-7H,(H,17,18)(H,19,20). The van der Waals surface area contributed by atoms with Gasteiger partial charge in [0.1, 0.15) is 5.82 Å². The van der Waals surface area contributed by atoms with Crippen LogP contribution in [-0.4, -0.2) is 22.4 Å². The lowest BCUT2D eigenvalue weighted by Crippen LogP contribution is -2.17. The van der Waals surface area contributed by atoms with E-state index in [1.807, 2.05) is 0 Å². The molecule has 0 aliphatic carbocycles. The van der Waals surface area contributed by atoms with Crippen molar-refractivity contribution in [2.75, 3.05) is 5.32 Å². The van der Waals surface area contributed by atoms with Gasteiger partial charge in [-0.2, -0.15) is 0 Å². The molecule has 0 aliphatic heterocycles. The second-order valence-corrected chi connectivity index (χ2v) is 3.90. The number of pyridine rings is 1. The van der Waals surface area contributed by atoms with E-state index < -0.39 is 18.1 Å². The van der Waals surface area contributed by atoms with Crippen molar-refractivity contribution in [3.63, 3.8) is 0 Å². The van der Waals surface area contributed by atoms with Crippen LogP contribution in [0.1, 0.15) is 10.4 Å². The number of ether oxygens (including phenoxy) is 1. The Balaban J connectivity index is 2.27. The monoisotopic (exact) mass is 298 g/mol. The van der Waals surface area contributed by atoms with E-state index in [1.54, 1.807) is 0 Å². The first-order valence-corrected chi connectivity index (χ1v) is 5.66. The first-order valence-electron chi connectivity index (χ1n) is 5.66. The van der Waals surface area contributed by atoms with Crippen LogP contribution in [0, 0.1) is 0 Å². The molecule has 0 fully saturated rings. The summed E-state index contributed by atoms with van der Waals surface area (Å²) in [4.78, 5) is 14.7. The smallest absolute Gasteiger partial charge is 0.478 e. The lowest BCUT2D eigenvalue weighted by molar-refractivity contribution is -0.274. The van der Waals surface area contributed by atoms with Gasteiger partial charge >= 0.3 is 12.3 Å². The number of aromatic carboxylic acids is 1. The topological polar surface area (TPSA) is 71.5 Å². The van der Waals surface area contributed by atoms with Crippen molar-refractivity contribution in [3.8, 4) is 5.75 Å². The molecule has 0 atom stereocenters. The molecule has 0 saturated carbocycles. The minimum absolute atomic E-state index is 0.0184. The first-order chi connectivity index (χ1) is 9.85. The summed E-state index contributed by atoms with van der Waals surface area (Å²) < 4.78 is 40.7. The van der Waals surface area contributed by atoms with Crippen molar-refractivity contribution in [2.24, 2.45) is 0 Å². The van der Waals surface area contributed by atoms with Crippen LogP contribution in [0.2, 0.25) is 0 Å². The molecule has 1 aromatic carbocycles. The Bertz CT molecular complexity index is 659. The molecular weight excluding hydrogens is 289 g/mol. The Morgan fingerprint density at radius 1 is 1.24 bits per heavy atom. The molecule has 2 N–H and O–H groups in total. The van der Waals surface area contributed by atoms with Crippen LogP contribution in [0.15, 0.2) is 42.6 Å². The third-order valence-corrected chi connectivity index (χ3v) is 2.38. The van der Waals surface area contributed by atoms with Crippen molar-refractivity contribution in [1.82, 2.24) is 4.98 Å². The summed E-state index contributed by atoms with van der Waals surface area (Å²) in [5.74, 6) is -1.51. The summed E-state index contributed by atoms with van der Waals surface area (Å²) in [7, 11) is 0. The normalized spacial score (nSPS) is 11.0. The van der Waals surface area contributed by atoms with E-state index in [1.165, 1.54) is 36.5 Å². The number of carbonyl (C=O) groups is 1. The summed E-state index contributed by atoms with van der Waals surface area (Å²) in [5.41, 5.74) is -0.0217. The van der Waals surface area contributed by atoms with Gasteiger partial charge in [-0.05, 0) is 24.3 Å². The molecule has 0 aliphatic rings. The highest BCUT2D eigenvalue weighted by Crippen LogP contribution is 2.31. The number of nitrogens with one attached hydrogen (secondary N) is 1. The zero-order chi connectivity index (χ0) is 15.5. The third kappa shape index (κ3) is 4.10. The number of alkyl halides is 3. The first kappa shape index (κ1) is 14.6. The predicted octanol–water partition coefficient (Wildman–Crippen LogP) is 3.42. The van der Waals surface area contributed by atoms with Crippen LogP contribution in [0.5, 0.6) is 5.75 Å². The van der Waals surface area contributed by atoms with Crippen LogP contribution in [0.25, 0.3) is 0 Å². The van der Waals surface area contributed by atoms with Gasteiger partial charge in [-0.15, -0.1) is 13.2 Å². The fraction of sp³-hybridized carbons (Fsp3) is 0.0769. The highest BCUT2D eigenvalue weighted by Gasteiger charge is 2.32. The average molecular weight is 298 g/mol. The van der Waals surface area contributed by atoms with Gasteiger partial charge in [0.25, 0.3) is 0 Å². The SMILES string of the molecule is O=C(O)c1ccnc(Nc2ccccc2OC(F)(F)F)c1. The summed E-state index contributed by atoms with van der Waals surface area (Å²) in [6, 6.07) is 7.85. The number of benzene rings is 1. The number of halogens is 3. The van der Waals surface area contributed by atoms with Crippen LogP contribution < -0.4 is 10.1 Å². The third-order valence-electron chi connectivity index (χ3n) is 2.38. The number of rotatable bonds is 4. The van der Waals surface area contributed by atoms with Crippen LogP contribution in [0.3, 0.4) is 0 Å². The fourth-order valence-electron chi connectivity index (χ4n) is 1.55. The number of carboxylic acid groups (broad SMARTS) is 1. The molecule has 0 amide bonds. The maximum atomic E-state index is 12.3. The molecule has 2 rings (SSSR count). The zero-order valence-electron chi connectivity index (χ0n) is 10.4. The molecule has 21 heavy (non-hydrogen) atoms. The van der Waals surface area contributed by atoms with Gasteiger partial charge in [0, 0.05) is 6.20 Å². The number of anilines is 2. The Morgan fingerprint density at radius 3 is 2.62 bits per heavy atom. The minimum Gasteiger partial charge on any atom is -0.478 e. The summed E-state index contributed by atoms with van der Waals surface area (Å²) in [6.45, 7) is 0. The van der Waals surface area contributed by atoms with Gasteiger partial charge in [-0.1, -0.05) is 12.1 Å². The lowest BCUT2D eigenvalue weighted by Gasteiger charge is -2.14. The van der Waals surface area contributed by atoms with Crippen molar-refractivity contribution in [1.29, 1.82) is 0 Å². The molecule has 0 bridgehead atoms. The Hall–Kier alpha value is -2.77. The van der Waals surface area contributed by atoms with E-state index in [0.717, 1.165) is 6.07 Å². The maximum absolute atomic E-state index is 12.3. The molecule has 8 heteroatoms. The van der Waals surface area contributed by atoms with E-state index in [2.05, 4.69) is 15.0 Å².